The van der Waals surface area contributed by atoms with Gasteiger partial charge in [-0.25, -0.2) is 0 Å². The molecule has 1 aliphatic heterocycles. The number of β-amino-alcohol motifs (C(OH)–C–C–N with tert-alkyl or cyclic N) is 1. The fraction of sp³-hybridized carbons (Fsp3) is 0.385. The molecule has 2 heterocycles. The van der Waals surface area contributed by atoms with E-state index in [0.29, 0.717) is 13.1 Å². The van der Waals surface area contributed by atoms with E-state index >= 15 is 0 Å². The first kappa shape index (κ1) is 22.1. The minimum Gasteiger partial charge on any atom is -0.390 e. The maximum absolute atomic E-state index is 10.8. The van der Waals surface area contributed by atoms with Crippen molar-refractivity contribution in [2.75, 3.05) is 37.6 Å². The number of aromatic nitrogens is 2. The van der Waals surface area contributed by atoms with Crippen LogP contribution in [-0.2, 0) is 6.54 Å². The van der Waals surface area contributed by atoms with E-state index in [0.717, 1.165) is 59.9 Å². The molecule has 0 spiro atoms. The van der Waals surface area contributed by atoms with E-state index in [9.17, 15) is 10.4 Å². The van der Waals surface area contributed by atoms with Crippen molar-refractivity contribution in [3.63, 3.8) is 0 Å². The van der Waals surface area contributed by atoms with E-state index in [2.05, 4.69) is 60.9 Å². The number of anilines is 1. The second kappa shape index (κ2) is 9.56. The highest BCUT2D eigenvalue weighted by Crippen LogP contribution is 2.25. The predicted molar refractivity (Wildman–Crippen MR) is 128 cm³/mol. The van der Waals surface area contributed by atoms with Crippen LogP contribution in [0.2, 0.25) is 0 Å². The van der Waals surface area contributed by atoms with E-state index in [-0.39, 0.29) is 0 Å². The molecule has 0 radical (unpaired) electrons. The number of rotatable bonds is 6. The van der Waals surface area contributed by atoms with Crippen LogP contribution >= 0.6 is 0 Å². The highest BCUT2D eigenvalue weighted by atomic mass is 16.3. The molecule has 1 N–H and O–H groups in total. The molecule has 6 nitrogen and oxygen atoms in total. The summed E-state index contributed by atoms with van der Waals surface area (Å²) < 4.78 is 1.94. The second-order valence-electron chi connectivity index (χ2n) is 8.68. The van der Waals surface area contributed by atoms with Crippen LogP contribution in [0.3, 0.4) is 0 Å². The van der Waals surface area contributed by atoms with Gasteiger partial charge in [-0.3, -0.25) is 9.58 Å². The maximum atomic E-state index is 10.8. The zero-order chi connectivity index (χ0) is 22.7. The van der Waals surface area contributed by atoms with Crippen molar-refractivity contribution in [2.45, 2.75) is 33.4 Å². The Bertz CT molecular complexity index is 1100. The summed E-state index contributed by atoms with van der Waals surface area (Å²) in [4.78, 5) is 4.55. The lowest BCUT2D eigenvalue weighted by atomic mass is 10.1. The van der Waals surface area contributed by atoms with Gasteiger partial charge in [0.2, 0.25) is 0 Å². The summed E-state index contributed by atoms with van der Waals surface area (Å²) in [5.41, 5.74) is 7.30. The van der Waals surface area contributed by atoms with Crippen molar-refractivity contribution in [3.05, 3.63) is 70.9 Å². The van der Waals surface area contributed by atoms with Crippen molar-refractivity contribution >= 4 is 5.69 Å². The molecule has 0 bridgehead atoms. The molecular formula is C26H31N5O. The third-order valence-electron chi connectivity index (χ3n) is 6.42. The summed E-state index contributed by atoms with van der Waals surface area (Å²) in [6, 6.07) is 18.5. The first-order valence-electron chi connectivity index (χ1n) is 11.2. The number of hydrogen-bond acceptors (Lipinski definition) is 5. The number of benzene rings is 2. The van der Waals surface area contributed by atoms with Crippen LogP contribution < -0.4 is 4.90 Å². The summed E-state index contributed by atoms with van der Waals surface area (Å²) in [5, 5.41) is 25.0. The van der Waals surface area contributed by atoms with Gasteiger partial charge in [-0.15, -0.1) is 0 Å². The minimum absolute atomic E-state index is 0.482. The Morgan fingerprint density at radius 2 is 1.66 bits per heavy atom. The maximum Gasteiger partial charge on any atom is 0.101 e. The summed E-state index contributed by atoms with van der Waals surface area (Å²) in [5.74, 6) is 0. The summed E-state index contributed by atoms with van der Waals surface area (Å²) in [6.07, 6.45) is -0.489. The van der Waals surface area contributed by atoms with Crippen molar-refractivity contribution in [1.82, 2.24) is 14.7 Å². The van der Waals surface area contributed by atoms with Gasteiger partial charge in [0.05, 0.1) is 29.6 Å². The van der Waals surface area contributed by atoms with E-state index in [4.69, 9.17) is 5.10 Å². The molecule has 0 aliphatic carbocycles. The van der Waals surface area contributed by atoms with E-state index in [1.54, 1.807) is 0 Å². The number of nitriles is 1. The zero-order valence-corrected chi connectivity index (χ0v) is 19.1. The third kappa shape index (κ3) is 4.69. The highest BCUT2D eigenvalue weighted by Gasteiger charge is 2.22. The summed E-state index contributed by atoms with van der Waals surface area (Å²) >= 11 is 0. The third-order valence-corrected chi connectivity index (χ3v) is 6.42. The molecule has 32 heavy (non-hydrogen) atoms. The van der Waals surface area contributed by atoms with Crippen molar-refractivity contribution in [2.24, 2.45) is 0 Å². The molecule has 166 valence electrons. The zero-order valence-electron chi connectivity index (χ0n) is 19.1. The fourth-order valence-electron chi connectivity index (χ4n) is 4.37. The monoisotopic (exact) mass is 429 g/mol. The molecule has 1 fully saturated rings. The number of aliphatic hydroxyl groups excluding tert-OH is 1. The topological polar surface area (TPSA) is 68.3 Å². The molecule has 2 aromatic carbocycles. The van der Waals surface area contributed by atoms with Gasteiger partial charge in [-0.05, 0) is 38.5 Å². The molecule has 1 aromatic heterocycles. The number of piperazine rings is 1. The lowest BCUT2D eigenvalue weighted by molar-refractivity contribution is 0.0915. The Morgan fingerprint density at radius 1 is 0.969 bits per heavy atom. The standard InChI is InChI=1S/C26H31N5O/c1-19-8-10-22(11-9-19)26-20(2)21(3)31(28-26)18-24(32)17-29-12-14-30(15-13-29)25-7-5-4-6-23(25)16-27/h4-11,24,32H,12-15,17-18H2,1-3H3. The Morgan fingerprint density at radius 3 is 2.34 bits per heavy atom. The highest BCUT2D eigenvalue weighted by molar-refractivity contribution is 5.64. The van der Waals surface area contributed by atoms with Crippen LogP contribution in [0.1, 0.15) is 22.4 Å². The minimum atomic E-state index is -0.489. The quantitative estimate of drug-likeness (QED) is 0.649. The molecule has 1 atom stereocenters. The van der Waals surface area contributed by atoms with Gasteiger partial charge in [0.1, 0.15) is 6.07 Å². The normalized spacial score (nSPS) is 15.5. The van der Waals surface area contributed by atoms with Crippen LogP contribution in [-0.4, -0.2) is 58.6 Å². The van der Waals surface area contributed by atoms with Crippen LogP contribution in [0, 0.1) is 32.1 Å². The van der Waals surface area contributed by atoms with Gasteiger partial charge in [0.25, 0.3) is 0 Å². The summed E-state index contributed by atoms with van der Waals surface area (Å²) in [6.45, 7) is 10.8. The smallest absolute Gasteiger partial charge is 0.101 e. The molecule has 3 aromatic rings. The summed E-state index contributed by atoms with van der Waals surface area (Å²) in [7, 11) is 0. The molecule has 4 rings (SSSR count). The van der Waals surface area contributed by atoms with E-state index in [1.807, 2.05) is 28.9 Å². The lowest BCUT2D eigenvalue weighted by Crippen LogP contribution is -2.49. The van der Waals surface area contributed by atoms with Gasteiger partial charge in [0, 0.05) is 44.0 Å². The number of hydrogen-bond donors (Lipinski definition) is 1. The van der Waals surface area contributed by atoms with Gasteiger partial charge < -0.3 is 10.0 Å². The number of nitrogens with zero attached hydrogens (tertiary/aromatic N) is 5. The van der Waals surface area contributed by atoms with Crippen LogP contribution in [0.5, 0.6) is 0 Å². The average molecular weight is 430 g/mol. The van der Waals surface area contributed by atoms with Crippen LogP contribution in [0.4, 0.5) is 5.69 Å². The van der Waals surface area contributed by atoms with Crippen molar-refractivity contribution in [1.29, 1.82) is 5.26 Å². The largest absolute Gasteiger partial charge is 0.390 e. The van der Waals surface area contributed by atoms with Crippen LogP contribution in [0.25, 0.3) is 11.3 Å². The molecular weight excluding hydrogens is 398 g/mol. The number of para-hydroxylation sites is 1. The first-order valence-corrected chi connectivity index (χ1v) is 11.2. The van der Waals surface area contributed by atoms with E-state index in [1.165, 1.54) is 5.56 Å². The molecule has 1 aliphatic rings. The van der Waals surface area contributed by atoms with Gasteiger partial charge in [0.15, 0.2) is 0 Å². The fourth-order valence-corrected chi connectivity index (χ4v) is 4.37. The predicted octanol–water partition coefficient (Wildman–Crippen LogP) is 3.53. The Labute approximate surface area is 190 Å². The van der Waals surface area contributed by atoms with Crippen molar-refractivity contribution < 1.29 is 5.11 Å². The Kier molecular flexibility index (Phi) is 6.59. The van der Waals surface area contributed by atoms with Gasteiger partial charge in [-0.2, -0.15) is 10.4 Å². The lowest BCUT2D eigenvalue weighted by Gasteiger charge is -2.37. The SMILES string of the molecule is Cc1ccc(-c2nn(CC(O)CN3CCN(c4ccccc4C#N)CC3)c(C)c2C)cc1. The Balaban J connectivity index is 1.36. The molecule has 1 unspecified atom stereocenters. The van der Waals surface area contributed by atoms with Crippen molar-refractivity contribution in [3.8, 4) is 17.3 Å². The Hall–Kier alpha value is -3.14. The van der Waals surface area contributed by atoms with Crippen LogP contribution in [0.15, 0.2) is 48.5 Å². The number of aliphatic hydroxyl groups is 1. The van der Waals surface area contributed by atoms with E-state index < -0.39 is 6.10 Å². The van der Waals surface area contributed by atoms with Gasteiger partial charge >= 0.3 is 0 Å². The molecule has 1 saturated heterocycles. The number of aryl methyl sites for hydroxylation is 1. The molecule has 6 heteroatoms. The molecule has 0 saturated carbocycles. The average Bonchev–Trinajstić information content (AvgIpc) is 3.08. The van der Waals surface area contributed by atoms with Gasteiger partial charge in [-0.1, -0.05) is 42.0 Å². The second-order valence-corrected chi connectivity index (χ2v) is 8.68. The molecule has 0 amide bonds. The first-order chi connectivity index (χ1) is 15.5.